The average molecular weight is 377 g/mol. The van der Waals surface area contributed by atoms with Crippen molar-refractivity contribution in [2.45, 2.75) is 38.8 Å². The summed E-state index contributed by atoms with van der Waals surface area (Å²) >= 11 is 1.49. The predicted octanol–water partition coefficient (Wildman–Crippen LogP) is 2.56. The van der Waals surface area contributed by atoms with E-state index < -0.39 is 30.0 Å². The maximum Gasteiger partial charge on any atom is 0.326 e. The number of esters is 1. The van der Waals surface area contributed by atoms with E-state index in [0.717, 1.165) is 9.78 Å². The summed E-state index contributed by atoms with van der Waals surface area (Å²) in [5.41, 5.74) is -0.477. The second-order valence-electron chi connectivity index (χ2n) is 5.89. The third kappa shape index (κ3) is 3.34. The first-order valence-corrected chi connectivity index (χ1v) is 9.15. The van der Waals surface area contributed by atoms with E-state index in [4.69, 9.17) is 9.15 Å². The Labute approximate surface area is 154 Å². The van der Waals surface area contributed by atoms with Crippen molar-refractivity contribution in [3.63, 3.8) is 0 Å². The fourth-order valence-corrected chi connectivity index (χ4v) is 3.42. The van der Waals surface area contributed by atoms with Gasteiger partial charge < -0.3 is 14.5 Å². The molecule has 26 heavy (non-hydrogen) atoms. The van der Waals surface area contributed by atoms with Gasteiger partial charge in [-0.1, -0.05) is 19.9 Å². The van der Waals surface area contributed by atoms with Gasteiger partial charge in [0.05, 0.1) is 4.88 Å². The lowest BCUT2D eigenvalue weighted by molar-refractivity contribution is -0.149. The monoisotopic (exact) mass is 377 g/mol. The van der Waals surface area contributed by atoms with Crippen LogP contribution >= 0.6 is 11.3 Å². The average Bonchev–Trinajstić information content (AvgIpc) is 3.36. The van der Waals surface area contributed by atoms with Crippen LogP contribution in [-0.4, -0.2) is 39.9 Å². The van der Waals surface area contributed by atoms with E-state index in [1.54, 1.807) is 0 Å². The van der Waals surface area contributed by atoms with Gasteiger partial charge in [-0.25, -0.2) is 9.78 Å². The fraction of sp³-hybridized carbons (Fsp3) is 0.412. The molecule has 2 aromatic heterocycles. The lowest BCUT2D eigenvalue weighted by Crippen LogP contribution is -2.46. The molecule has 2 aromatic rings. The molecule has 1 fully saturated rings. The second-order valence-corrected chi connectivity index (χ2v) is 6.84. The standard InChI is InChI=1S/C17H19N3O5S/c1-3-17(4-2)15(22)20(16(23)19-17)8-13(21)24-9-11-10-25-14(18-11)12-6-5-7-26-12/h5-7,10H,3-4,8-9H2,1-2H3,(H,19,23). The van der Waals surface area contributed by atoms with Crippen LogP contribution in [0, 0.1) is 0 Å². The molecule has 0 aromatic carbocycles. The van der Waals surface area contributed by atoms with Gasteiger partial charge >= 0.3 is 12.0 Å². The highest BCUT2D eigenvalue weighted by molar-refractivity contribution is 7.13. The highest BCUT2D eigenvalue weighted by Crippen LogP contribution is 2.25. The zero-order chi connectivity index (χ0) is 18.7. The third-order valence-electron chi connectivity index (χ3n) is 4.40. The molecular weight excluding hydrogens is 358 g/mol. The smallest absolute Gasteiger partial charge is 0.326 e. The van der Waals surface area contributed by atoms with Gasteiger partial charge in [0.2, 0.25) is 5.89 Å². The fourth-order valence-electron chi connectivity index (χ4n) is 2.76. The number of oxazole rings is 1. The van der Waals surface area contributed by atoms with E-state index in [1.807, 2.05) is 31.4 Å². The number of urea groups is 1. The number of carbonyl (C=O) groups is 3. The van der Waals surface area contributed by atoms with Crippen molar-refractivity contribution in [2.75, 3.05) is 6.54 Å². The molecule has 0 unspecified atom stereocenters. The maximum absolute atomic E-state index is 12.5. The van der Waals surface area contributed by atoms with E-state index in [1.165, 1.54) is 17.6 Å². The lowest BCUT2D eigenvalue weighted by Gasteiger charge is -2.22. The van der Waals surface area contributed by atoms with Crippen molar-refractivity contribution < 1.29 is 23.5 Å². The SMILES string of the molecule is CCC1(CC)NC(=O)N(CC(=O)OCc2coc(-c3cccs3)n2)C1=O. The van der Waals surface area contributed by atoms with Crippen LogP contribution in [0.2, 0.25) is 0 Å². The highest BCUT2D eigenvalue weighted by Gasteiger charge is 2.49. The summed E-state index contributed by atoms with van der Waals surface area (Å²) in [6, 6.07) is 3.18. The van der Waals surface area contributed by atoms with Crippen LogP contribution in [0.4, 0.5) is 4.79 Å². The molecule has 138 valence electrons. The van der Waals surface area contributed by atoms with Crippen molar-refractivity contribution in [3.8, 4) is 10.8 Å². The number of nitrogens with zero attached hydrogens (tertiary/aromatic N) is 2. The summed E-state index contributed by atoms with van der Waals surface area (Å²) in [4.78, 5) is 42.5. The number of rotatable bonds is 7. The normalized spacial score (nSPS) is 16.0. The number of thiophene rings is 1. The van der Waals surface area contributed by atoms with Gasteiger partial charge in [-0.05, 0) is 24.3 Å². The Morgan fingerprint density at radius 1 is 1.38 bits per heavy atom. The third-order valence-corrected chi connectivity index (χ3v) is 5.26. The van der Waals surface area contributed by atoms with Gasteiger partial charge in [0.25, 0.3) is 5.91 Å². The Hall–Kier alpha value is -2.68. The van der Waals surface area contributed by atoms with Crippen LogP contribution in [0.5, 0.6) is 0 Å². The Morgan fingerprint density at radius 3 is 2.77 bits per heavy atom. The summed E-state index contributed by atoms with van der Waals surface area (Å²) in [5.74, 6) is -0.626. The lowest BCUT2D eigenvalue weighted by atomic mass is 9.93. The quantitative estimate of drug-likeness (QED) is 0.588. The number of ether oxygens (including phenoxy) is 1. The topological polar surface area (TPSA) is 102 Å². The molecule has 0 radical (unpaired) electrons. The van der Waals surface area contributed by atoms with Crippen molar-refractivity contribution in [1.82, 2.24) is 15.2 Å². The number of hydrogen-bond donors (Lipinski definition) is 1. The Balaban J connectivity index is 1.56. The Morgan fingerprint density at radius 2 is 2.15 bits per heavy atom. The molecule has 8 nitrogen and oxygen atoms in total. The minimum absolute atomic E-state index is 0.0932. The number of carbonyl (C=O) groups excluding carboxylic acids is 3. The minimum Gasteiger partial charge on any atom is -0.458 e. The summed E-state index contributed by atoms with van der Waals surface area (Å²) in [7, 11) is 0. The van der Waals surface area contributed by atoms with Crippen LogP contribution in [0.25, 0.3) is 10.8 Å². The van der Waals surface area contributed by atoms with Gasteiger partial charge in [0, 0.05) is 0 Å². The molecule has 1 N–H and O–H groups in total. The first kappa shape index (κ1) is 18.1. The van der Waals surface area contributed by atoms with E-state index >= 15 is 0 Å². The largest absolute Gasteiger partial charge is 0.458 e. The maximum atomic E-state index is 12.5. The molecule has 0 spiro atoms. The molecule has 3 rings (SSSR count). The van der Waals surface area contributed by atoms with Gasteiger partial charge in [-0.15, -0.1) is 11.3 Å². The zero-order valence-electron chi connectivity index (χ0n) is 14.5. The van der Waals surface area contributed by atoms with Crippen molar-refractivity contribution >= 4 is 29.2 Å². The summed E-state index contributed by atoms with van der Waals surface area (Å²) in [6.45, 7) is 3.12. The van der Waals surface area contributed by atoms with E-state index in [9.17, 15) is 14.4 Å². The van der Waals surface area contributed by atoms with Crippen molar-refractivity contribution in [3.05, 3.63) is 29.5 Å². The molecule has 1 aliphatic rings. The molecule has 3 heterocycles. The van der Waals surface area contributed by atoms with Crippen LogP contribution in [0.15, 0.2) is 28.2 Å². The summed E-state index contributed by atoms with van der Waals surface area (Å²) in [6.07, 6.45) is 2.34. The number of hydrogen-bond acceptors (Lipinski definition) is 7. The number of nitrogens with one attached hydrogen (secondary N) is 1. The van der Waals surface area contributed by atoms with Crippen LogP contribution in [-0.2, 0) is 20.9 Å². The molecule has 1 saturated heterocycles. The van der Waals surface area contributed by atoms with Crippen molar-refractivity contribution in [2.24, 2.45) is 0 Å². The Bertz CT molecular complexity index is 810. The predicted molar refractivity (Wildman–Crippen MR) is 93.2 cm³/mol. The summed E-state index contributed by atoms with van der Waals surface area (Å²) in [5, 5.41) is 4.57. The molecule has 3 amide bonds. The number of amides is 3. The van der Waals surface area contributed by atoms with Gasteiger partial charge in [0.15, 0.2) is 0 Å². The van der Waals surface area contributed by atoms with Gasteiger partial charge in [-0.2, -0.15) is 0 Å². The Kier molecular flexibility index (Phi) is 5.08. The zero-order valence-corrected chi connectivity index (χ0v) is 15.3. The van der Waals surface area contributed by atoms with Crippen molar-refractivity contribution in [1.29, 1.82) is 0 Å². The number of imide groups is 1. The molecule has 0 atom stereocenters. The van der Waals surface area contributed by atoms with E-state index in [0.29, 0.717) is 24.4 Å². The molecular formula is C17H19N3O5S. The first-order valence-electron chi connectivity index (χ1n) is 8.27. The minimum atomic E-state index is -0.931. The molecule has 0 saturated carbocycles. The molecule has 1 aliphatic heterocycles. The first-order chi connectivity index (χ1) is 12.5. The van der Waals surface area contributed by atoms with Gasteiger partial charge in [-0.3, -0.25) is 14.5 Å². The van der Waals surface area contributed by atoms with Gasteiger partial charge in [0.1, 0.15) is 30.6 Å². The van der Waals surface area contributed by atoms with Crippen LogP contribution in [0.1, 0.15) is 32.4 Å². The molecule has 9 heteroatoms. The molecule has 0 bridgehead atoms. The van der Waals surface area contributed by atoms with E-state index in [-0.39, 0.29) is 6.61 Å². The van der Waals surface area contributed by atoms with Crippen LogP contribution < -0.4 is 5.32 Å². The highest BCUT2D eigenvalue weighted by atomic mass is 32.1. The summed E-state index contributed by atoms with van der Waals surface area (Å²) < 4.78 is 10.5. The second kappa shape index (κ2) is 7.28. The molecule has 0 aliphatic carbocycles. The number of aromatic nitrogens is 1. The van der Waals surface area contributed by atoms with E-state index in [2.05, 4.69) is 10.3 Å². The van der Waals surface area contributed by atoms with Crippen LogP contribution in [0.3, 0.4) is 0 Å².